The molecule has 0 aromatic carbocycles. The van der Waals surface area contributed by atoms with Crippen LogP contribution < -0.4 is 5.32 Å². The van der Waals surface area contributed by atoms with Crippen molar-refractivity contribution >= 4 is 21.7 Å². The Morgan fingerprint density at radius 3 is 2.43 bits per heavy atom. The number of halogens is 3. The van der Waals surface area contributed by atoms with Crippen molar-refractivity contribution in [3.05, 3.63) is 0 Å². The molecule has 2 atom stereocenters. The summed E-state index contributed by atoms with van der Waals surface area (Å²) in [6, 6.07) is 0. The molecule has 0 aromatic rings. The fourth-order valence-corrected chi connectivity index (χ4v) is 4.70. The Labute approximate surface area is 132 Å². The van der Waals surface area contributed by atoms with Crippen LogP contribution in [-0.2, 0) is 19.4 Å². The summed E-state index contributed by atoms with van der Waals surface area (Å²) in [5, 5.41) is 1.84. The van der Waals surface area contributed by atoms with Gasteiger partial charge in [0.15, 0.2) is 9.84 Å². The molecule has 2 heterocycles. The van der Waals surface area contributed by atoms with E-state index in [1.807, 2.05) is 5.32 Å². The third-order valence-corrected chi connectivity index (χ3v) is 5.92. The van der Waals surface area contributed by atoms with Crippen molar-refractivity contribution in [1.29, 1.82) is 0 Å². The summed E-state index contributed by atoms with van der Waals surface area (Å²) < 4.78 is 59.3. The lowest BCUT2D eigenvalue weighted by Gasteiger charge is -2.33. The van der Waals surface area contributed by atoms with Gasteiger partial charge in [-0.1, -0.05) is 0 Å². The molecule has 2 amide bonds. The standard InChI is InChI=1S/C13H19F3N2O4S/c14-13(15,16)8-17-11(19)9-2-1-4-18(6-9)12(20)10-3-5-23(21,22)7-10/h9-10H,1-8H2,(H,17,19)/t9-,10+/m1/s1. The Morgan fingerprint density at radius 2 is 1.87 bits per heavy atom. The average Bonchev–Trinajstić information content (AvgIpc) is 2.83. The molecular weight excluding hydrogens is 337 g/mol. The molecule has 0 spiro atoms. The van der Waals surface area contributed by atoms with Crippen LogP contribution in [0.2, 0.25) is 0 Å². The molecule has 0 bridgehead atoms. The topological polar surface area (TPSA) is 83.6 Å². The molecule has 2 aliphatic rings. The van der Waals surface area contributed by atoms with Gasteiger partial charge in [-0.2, -0.15) is 13.2 Å². The molecule has 6 nitrogen and oxygen atoms in total. The first-order valence-electron chi connectivity index (χ1n) is 7.41. The van der Waals surface area contributed by atoms with Crippen molar-refractivity contribution in [3.63, 3.8) is 0 Å². The van der Waals surface area contributed by atoms with Crippen LogP contribution in [0.5, 0.6) is 0 Å². The summed E-state index contributed by atoms with van der Waals surface area (Å²) in [5.41, 5.74) is 0. The molecule has 0 aromatic heterocycles. The van der Waals surface area contributed by atoms with Gasteiger partial charge in [-0.05, 0) is 19.3 Å². The van der Waals surface area contributed by atoms with Gasteiger partial charge in [0.1, 0.15) is 6.54 Å². The van der Waals surface area contributed by atoms with E-state index in [9.17, 15) is 31.2 Å². The molecular formula is C13H19F3N2O4S. The van der Waals surface area contributed by atoms with E-state index in [4.69, 9.17) is 0 Å². The van der Waals surface area contributed by atoms with Crippen LogP contribution in [-0.4, -0.2) is 62.4 Å². The number of hydrogen-bond donors (Lipinski definition) is 1. The van der Waals surface area contributed by atoms with Crippen molar-refractivity contribution in [2.75, 3.05) is 31.1 Å². The van der Waals surface area contributed by atoms with Crippen molar-refractivity contribution in [2.24, 2.45) is 11.8 Å². The quantitative estimate of drug-likeness (QED) is 0.790. The maximum absolute atomic E-state index is 12.3. The summed E-state index contributed by atoms with van der Waals surface area (Å²) in [6.07, 6.45) is -3.29. The molecule has 2 fully saturated rings. The summed E-state index contributed by atoms with van der Waals surface area (Å²) >= 11 is 0. The molecule has 2 saturated heterocycles. The number of sulfone groups is 1. The van der Waals surface area contributed by atoms with Gasteiger partial charge in [-0.15, -0.1) is 0 Å². The summed E-state index contributed by atoms with van der Waals surface area (Å²) in [5.74, 6) is -2.54. The second-order valence-electron chi connectivity index (χ2n) is 6.06. The number of nitrogens with one attached hydrogen (secondary N) is 1. The third kappa shape index (κ3) is 5.08. The van der Waals surface area contributed by atoms with Crippen LogP contribution in [0, 0.1) is 11.8 Å². The third-order valence-electron chi connectivity index (χ3n) is 4.15. The molecule has 0 unspecified atom stereocenters. The van der Waals surface area contributed by atoms with Crippen LogP contribution in [0.3, 0.4) is 0 Å². The lowest BCUT2D eigenvalue weighted by molar-refractivity contribution is -0.144. The van der Waals surface area contributed by atoms with E-state index in [2.05, 4.69) is 0 Å². The molecule has 10 heteroatoms. The minimum absolute atomic E-state index is 0.0211. The number of nitrogens with zero attached hydrogens (tertiary/aromatic N) is 1. The van der Waals surface area contributed by atoms with Gasteiger partial charge in [0.25, 0.3) is 0 Å². The molecule has 23 heavy (non-hydrogen) atoms. The van der Waals surface area contributed by atoms with Crippen LogP contribution >= 0.6 is 0 Å². The highest BCUT2D eigenvalue weighted by Gasteiger charge is 2.38. The van der Waals surface area contributed by atoms with E-state index in [1.165, 1.54) is 4.90 Å². The number of hydrogen-bond acceptors (Lipinski definition) is 4. The maximum Gasteiger partial charge on any atom is 0.405 e. The summed E-state index contributed by atoms with van der Waals surface area (Å²) in [7, 11) is -3.19. The first-order chi connectivity index (χ1) is 10.6. The molecule has 2 aliphatic heterocycles. The predicted octanol–water partition coefficient (Wildman–Crippen LogP) is 0.338. The molecule has 2 rings (SSSR count). The molecule has 0 radical (unpaired) electrons. The number of amides is 2. The Morgan fingerprint density at radius 1 is 1.17 bits per heavy atom. The summed E-state index contributed by atoms with van der Waals surface area (Å²) in [6.45, 7) is -0.950. The monoisotopic (exact) mass is 356 g/mol. The SMILES string of the molecule is O=C(NCC(F)(F)F)[C@@H]1CCCN(C(=O)[C@H]2CCS(=O)(=O)C2)C1. The first-order valence-corrected chi connectivity index (χ1v) is 9.23. The van der Waals surface area contributed by atoms with Crippen LogP contribution in [0.1, 0.15) is 19.3 Å². The number of alkyl halides is 3. The number of likely N-dealkylation sites (tertiary alicyclic amines) is 1. The van der Waals surface area contributed by atoms with Gasteiger partial charge in [0, 0.05) is 13.1 Å². The van der Waals surface area contributed by atoms with Gasteiger partial charge in [0.05, 0.1) is 23.3 Å². The Bertz CT molecular complexity index is 576. The van der Waals surface area contributed by atoms with Gasteiger partial charge in [-0.3, -0.25) is 9.59 Å². The lowest BCUT2D eigenvalue weighted by atomic mass is 9.95. The minimum Gasteiger partial charge on any atom is -0.347 e. The maximum atomic E-state index is 12.3. The lowest BCUT2D eigenvalue weighted by Crippen LogP contribution is -2.48. The van der Waals surface area contributed by atoms with Crippen molar-refractivity contribution in [1.82, 2.24) is 10.2 Å². The minimum atomic E-state index is -4.47. The smallest absolute Gasteiger partial charge is 0.347 e. The normalized spacial score (nSPS) is 27.7. The van der Waals surface area contributed by atoms with E-state index < -0.39 is 40.3 Å². The highest BCUT2D eigenvalue weighted by Crippen LogP contribution is 2.24. The molecule has 0 saturated carbocycles. The van der Waals surface area contributed by atoms with E-state index in [0.717, 1.165) is 0 Å². The second-order valence-corrected chi connectivity index (χ2v) is 8.29. The van der Waals surface area contributed by atoms with Gasteiger partial charge < -0.3 is 10.2 Å². The highest BCUT2D eigenvalue weighted by molar-refractivity contribution is 7.91. The van der Waals surface area contributed by atoms with Crippen molar-refractivity contribution < 1.29 is 31.2 Å². The summed E-state index contributed by atoms with van der Waals surface area (Å²) in [4.78, 5) is 25.5. The number of carbonyl (C=O) groups is 2. The number of rotatable bonds is 3. The largest absolute Gasteiger partial charge is 0.405 e. The first kappa shape index (κ1) is 18.0. The molecule has 0 aliphatic carbocycles. The zero-order valence-electron chi connectivity index (χ0n) is 12.4. The van der Waals surface area contributed by atoms with Crippen molar-refractivity contribution in [3.8, 4) is 0 Å². The van der Waals surface area contributed by atoms with Gasteiger partial charge >= 0.3 is 6.18 Å². The van der Waals surface area contributed by atoms with E-state index in [-0.39, 0.29) is 30.4 Å². The Kier molecular flexibility index (Phi) is 5.22. The second kappa shape index (κ2) is 6.66. The molecule has 132 valence electrons. The number of piperidine rings is 1. The highest BCUT2D eigenvalue weighted by atomic mass is 32.2. The van der Waals surface area contributed by atoms with Gasteiger partial charge in [0.2, 0.25) is 11.8 Å². The predicted molar refractivity (Wildman–Crippen MR) is 75.1 cm³/mol. The van der Waals surface area contributed by atoms with E-state index in [1.54, 1.807) is 0 Å². The van der Waals surface area contributed by atoms with Crippen LogP contribution in [0.15, 0.2) is 0 Å². The zero-order chi connectivity index (χ0) is 17.3. The fraction of sp³-hybridized carbons (Fsp3) is 0.846. The Hall–Kier alpha value is -1.32. The van der Waals surface area contributed by atoms with Crippen LogP contribution in [0.25, 0.3) is 0 Å². The molecule has 1 N–H and O–H groups in total. The average molecular weight is 356 g/mol. The number of carbonyl (C=O) groups excluding carboxylic acids is 2. The van der Waals surface area contributed by atoms with E-state index >= 15 is 0 Å². The van der Waals surface area contributed by atoms with Crippen LogP contribution in [0.4, 0.5) is 13.2 Å². The van der Waals surface area contributed by atoms with E-state index in [0.29, 0.717) is 19.4 Å². The zero-order valence-corrected chi connectivity index (χ0v) is 13.3. The van der Waals surface area contributed by atoms with Crippen molar-refractivity contribution in [2.45, 2.75) is 25.4 Å². The van der Waals surface area contributed by atoms with Gasteiger partial charge in [-0.25, -0.2) is 8.42 Å². The fourth-order valence-electron chi connectivity index (χ4n) is 2.97. The Balaban J connectivity index is 1.90.